The van der Waals surface area contributed by atoms with Crippen LogP contribution < -0.4 is 20.1 Å². The Hall–Kier alpha value is -3.73. The molecule has 3 aromatic rings. The standard InChI is InChI=1S/C24H24N2O3/c1-2-15-28-23-10-6-9-21(16-23)26-24(27)17-25-20-11-13-22(14-12-20)29-18-19-7-4-3-5-8-19/h2-14,16,25H,1,15,17-18H2,(H,26,27). The van der Waals surface area contributed by atoms with Gasteiger partial charge in [-0.25, -0.2) is 0 Å². The maximum atomic E-state index is 12.2. The van der Waals surface area contributed by atoms with Crippen LogP contribution in [0.4, 0.5) is 11.4 Å². The molecule has 1 amide bonds. The molecule has 0 bridgehead atoms. The highest BCUT2D eigenvalue weighted by Crippen LogP contribution is 2.18. The first-order chi connectivity index (χ1) is 14.2. The maximum absolute atomic E-state index is 12.2. The van der Waals surface area contributed by atoms with Gasteiger partial charge in [-0.3, -0.25) is 4.79 Å². The summed E-state index contributed by atoms with van der Waals surface area (Å²) in [5, 5.41) is 5.95. The van der Waals surface area contributed by atoms with Crippen molar-refractivity contribution in [1.29, 1.82) is 0 Å². The smallest absolute Gasteiger partial charge is 0.243 e. The lowest BCUT2D eigenvalue weighted by atomic mass is 10.2. The summed E-state index contributed by atoms with van der Waals surface area (Å²) in [5.41, 5.74) is 2.64. The first kappa shape index (κ1) is 20.0. The van der Waals surface area contributed by atoms with Crippen LogP contribution in [0.1, 0.15) is 5.56 Å². The van der Waals surface area contributed by atoms with Crippen LogP contribution in [0.25, 0.3) is 0 Å². The fourth-order valence-electron chi connectivity index (χ4n) is 2.62. The van der Waals surface area contributed by atoms with Crippen molar-refractivity contribution in [3.05, 3.63) is 97.1 Å². The van der Waals surface area contributed by atoms with E-state index in [0.717, 1.165) is 17.0 Å². The van der Waals surface area contributed by atoms with E-state index in [9.17, 15) is 4.79 Å². The minimum Gasteiger partial charge on any atom is -0.489 e. The highest BCUT2D eigenvalue weighted by molar-refractivity contribution is 5.93. The highest BCUT2D eigenvalue weighted by atomic mass is 16.5. The number of carbonyl (C=O) groups is 1. The molecule has 0 unspecified atom stereocenters. The Morgan fingerprint density at radius 1 is 0.862 bits per heavy atom. The number of hydrogen-bond acceptors (Lipinski definition) is 4. The molecule has 0 atom stereocenters. The second-order valence-electron chi connectivity index (χ2n) is 6.33. The molecule has 0 saturated heterocycles. The second-order valence-corrected chi connectivity index (χ2v) is 6.33. The van der Waals surface area contributed by atoms with Gasteiger partial charge in [-0.1, -0.05) is 49.1 Å². The van der Waals surface area contributed by atoms with E-state index >= 15 is 0 Å². The van der Waals surface area contributed by atoms with Crippen LogP contribution in [-0.2, 0) is 11.4 Å². The van der Waals surface area contributed by atoms with Gasteiger partial charge in [0.15, 0.2) is 0 Å². The Labute approximate surface area is 171 Å². The third kappa shape index (κ3) is 6.74. The molecule has 0 fully saturated rings. The van der Waals surface area contributed by atoms with Crippen LogP contribution >= 0.6 is 0 Å². The maximum Gasteiger partial charge on any atom is 0.243 e. The third-order valence-electron chi connectivity index (χ3n) is 4.04. The molecule has 0 aliphatic rings. The summed E-state index contributed by atoms with van der Waals surface area (Å²) < 4.78 is 11.2. The summed E-state index contributed by atoms with van der Waals surface area (Å²) in [6.45, 7) is 4.71. The molecule has 0 aliphatic carbocycles. The molecule has 148 valence electrons. The molecule has 3 aromatic carbocycles. The zero-order chi connectivity index (χ0) is 20.3. The van der Waals surface area contributed by atoms with Crippen molar-refractivity contribution in [2.45, 2.75) is 6.61 Å². The van der Waals surface area contributed by atoms with Gasteiger partial charge in [0.05, 0.1) is 6.54 Å². The SMILES string of the molecule is C=CCOc1cccc(NC(=O)CNc2ccc(OCc3ccccc3)cc2)c1. The quantitative estimate of drug-likeness (QED) is 0.486. The van der Waals surface area contributed by atoms with Gasteiger partial charge < -0.3 is 20.1 Å². The summed E-state index contributed by atoms with van der Waals surface area (Å²) >= 11 is 0. The van der Waals surface area contributed by atoms with Gasteiger partial charge in [0.1, 0.15) is 24.7 Å². The molecule has 0 saturated carbocycles. The Morgan fingerprint density at radius 2 is 1.66 bits per heavy atom. The third-order valence-corrected chi connectivity index (χ3v) is 4.04. The molecular formula is C24H24N2O3. The van der Waals surface area contributed by atoms with E-state index in [4.69, 9.17) is 9.47 Å². The van der Waals surface area contributed by atoms with Crippen molar-refractivity contribution in [2.75, 3.05) is 23.8 Å². The van der Waals surface area contributed by atoms with E-state index in [1.807, 2.05) is 72.8 Å². The van der Waals surface area contributed by atoms with Gasteiger partial charge in [-0.2, -0.15) is 0 Å². The Bertz CT molecular complexity index is 924. The van der Waals surface area contributed by atoms with Gasteiger partial charge >= 0.3 is 0 Å². The van der Waals surface area contributed by atoms with Crippen LogP contribution in [0.3, 0.4) is 0 Å². The Morgan fingerprint density at radius 3 is 2.41 bits per heavy atom. The fraction of sp³-hybridized carbons (Fsp3) is 0.125. The number of ether oxygens (including phenoxy) is 2. The second kappa shape index (κ2) is 10.6. The van der Waals surface area contributed by atoms with Crippen LogP contribution in [0.2, 0.25) is 0 Å². The van der Waals surface area contributed by atoms with E-state index < -0.39 is 0 Å². The molecular weight excluding hydrogens is 364 g/mol. The molecule has 2 N–H and O–H groups in total. The van der Waals surface area contributed by atoms with E-state index in [-0.39, 0.29) is 12.5 Å². The van der Waals surface area contributed by atoms with Crippen molar-refractivity contribution in [3.8, 4) is 11.5 Å². The van der Waals surface area contributed by atoms with E-state index in [1.165, 1.54) is 0 Å². The summed E-state index contributed by atoms with van der Waals surface area (Å²) in [6.07, 6.45) is 1.67. The molecule has 5 nitrogen and oxygen atoms in total. The number of hydrogen-bond donors (Lipinski definition) is 2. The van der Waals surface area contributed by atoms with Crippen molar-refractivity contribution in [1.82, 2.24) is 0 Å². The minimum absolute atomic E-state index is 0.143. The van der Waals surface area contributed by atoms with E-state index in [2.05, 4.69) is 17.2 Å². The molecule has 0 aromatic heterocycles. The summed E-state index contributed by atoms with van der Waals surface area (Å²) in [5.74, 6) is 1.32. The predicted molar refractivity (Wildman–Crippen MR) is 116 cm³/mol. The van der Waals surface area contributed by atoms with Gasteiger partial charge in [-0.15, -0.1) is 0 Å². The predicted octanol–water partition coefficient (Wildman–Crippen LogP) is 4.88. The normalized spacial score (nSPS) is 10.1. The van der Waals surface area contributed by atoms with Crippen LogP contribution in [-0.4, -0.2) is 19.1 Å². The minimum atomic E-state index is -0.143. The summed E-state index contributed by atoms with van der Waals surface area (Å²) in [6, 6.07) is 24.8. The Balaban J connectivity index is 1.44. The summed E-state index contributed by atoms with van der Waals surface area (Å²) in [4.78, 5) is 12.2. The molecule has 5 heteroatoms. The van der Waals surface area contributed by atoms with Crippen molar-refractivity contribution in [2.24, 2.45) is 0 Å². The van der Waals surface area contributed by atoms with Crippen LogP contribution in [0.15, 0.2) is 91.5 Å². The average molecular weight is 388 g/mol. The highest BCUT2D eigenvalue weighted by Gasteiger charge is 2.04. The Kier molecular flexibility index (Phi) is 7.29. The molecule has 0 aliphatic heterocycles. The monoisotopic (exact) mass is 388 g/mol. The zero-order valence-corrected chi connectivity index (χ0v) is 16.1. The summed E-state index contributed by atoms with van der Waals surface area (Å²) in [7, 11) is 0. The van der Waals surface area contributed by atoms with Gasteiger partial charge in [-0.05, 0) is 42.0 Å². The molecule has 29 heavy (non-hydrogen) atoms. The lowest BCUT2D eigenvalue weighted by Crippen LogP contribution is -2.21. The van der Waals surface area contributed by atoms with Crippen molar-refractivity contribution < 1.29 is 14.3 Å². The molecule has 0 spiro atoms. The largest absolute Gasteiger partial charge is 0.489 e. The number of rotatable bonds is 10. The van der Waals surface area contributed by atoms with Crippen molar-refractivity contribution >= 4 is 17.3 Å². The number of amides is 1. The first-order valence-electron chi connectivity index (χ1n) is 9.37. The fourth-order valence-corrected chi connectivity index (χ4v) is 2.62. The lowest BCUT2D eigenvalue weighted by molar-refractivity contribution is -0.114. The number of carbonyl (C=O) groups excluding carboxylic acids is 1. The molecule has 3 rings (SSSR count). The van der Waals surface area contributed by atoms with Crippen LogP contribution in [0, 0.1) is 0 Å². The number of benzene rings is 3. The van der Waals surface area contributed by atoms with Gasteiger partial charge in [0.2, 0.25) is 5.91 Å². The number of anilines is 2. The van der Waals surface area contributed by atoms with Crippen molar-refractivity contribution in [3.63, 3.8) is 0 Å². The topological polar surface area (TPSA) is 59.6 Å². The molecule has 0 radical (unpaired) electrons. The number of nitrogens with one attached hydrogen (secondary N) is 2. The average Bonchev–Trinajstić information content (AvgIpc) is 2.76. The van der Waals surface area contributed by atoms with E-state index in [1.54, 1.807) is 12.1 Å². The zero-order valence-electron chi connectivity index (χ0n) is 16.1. The van der Waals surface area contributed by atoms with E-state index in [0.29, 0.717) is 24.7 Å². The van der Waals surface area contributed by atoms with Gasteiger partial charge in [0, 0.05) is 17.4 Å². The van der Waals surface area contributed by atoms with Crippen LogP contribution in [0.5, 0.6) is 11.5 Å². The first-order valence-corrected chi connectivity index (χ1v) is 9.37. The van der Waals surface area contributed by atoms with Gasteiger partial charge in [0.25, 0.3) is 0 Å². The lowest BCUT2D eigenvalue weighted by Gasteiger charge is -2.10. The molecule has 0 heterocycles.